The summed E-state index contributed by atoms with van der Waals surface area (Å²) in [4.78, 5) is 39.0. The van der Waals surface area contributed by atoms with E-state index in [1.54, 1.807) is 41.5 Å². The van der Waals surface area contributed by atoms with Crippen LogP contribution < -0.4 is 25.4 Å². The zero-order chi connectivity index (χ0) is 35.2. The van der Waals surface area contributed by atoms with E-state index in [4.69, 9.17) is 9.47 Å². The van der Waals surface area contributed by atoms with E-state index in [0.29, 0.717) is 11.5 Å². The third kappa shape index (κ3) is 10.7. The maximum absolute atomic E-state index is 13.9. The molecule has 3 atom stereocenters. The molecule has 47 heavy (non-hydrogen) atoms. The summed E-state index contributed by atoms with van der Waals surface area (Å²) in [5.41, 5.74) is -0.628. The average molecular weight is 675 g/mol. The minimum absolute atomic E-state index is 0.00428. The van der Waals surface area contributed by atoms with Crippen LogP contribution >= 0.6 is 0 Å². The Hall–Kier alpha value is -3.68. The summed E-state index contributed by atoms with van der Waals surface area (Å²) in [6, 6.07) is 11.6. The number of carbonyl (C=O) groups is 3. The van der Waals surface area contributed by atoms with Gasteiger partial charge < -0.3 is 30.5 Å². The van der Waals surface area contributed by atoms with Crippen LogP contribution in [0, 0.1) is 16.7 Å². The van der Waals surface area contributed by atoms with Gasteiger partial charge in [-0.1, -0.05) is 85.7 Å². The molecule has 0 aliphatic carbocycles. The number of hydrogen-bond donors (Lipinski definition) is 4. The van der Waals surface area contributed by atoms with E-state index in [2.05, 4.69) is 16.0 Å². The lowest BCUT2D eigenvalue weighted by molar-refractivity contribution is -0.134. The van der Waals surface area contributed by atoms with Gasteiger partial charge in [0.2, 0.25) is 34.5 Å². The van der Waals surface area contributed by atoms with Gasteiger partial charge in [-0.15, -0.1) is 0 Å². The van der Waals surface area contributed by atoms with Gasteiger partial charge in [0, 0.05) is 24.6 Å². The number of sulfonamides is 1. The second-order valence-electron chi connectivity index (χ2n) is 14.4. The van der Waals surface area contributed by atoms with Crippen LogP contribution in [0.2, 0.25) is 0 Å². The summed E-state index contributed by atoms with van der Waals surface area (Å²) < 4.78 is 39.7. The van der Waals surface area contributed by atoms with Gasteiger partial charge in [-0.05, 0) is 35.4 Å². The first-order chi connectivity index (χ1) is 21.8. The van der Waals surface area contributed by atoms with Crippen molar-refractivity contribution >= 4 is 27.7 Å². The molecular formula is C34H50N4O8S. The van der Waals surface area contributed by atoms with Crippen molar-refractivity contribution in [2.45, 2.75) is 84.9 Å². The van der Waals surface area contributed by atoms with Crippen molar-refractivity contribution < 1.29 is 37.4 Å². The molecule has 0 saturated carbocycles. The summed E-state index contributed by atoms with van der Waals surface area (Å²) in [6.45, 7) is 13.8. The van der Waals surface area contributed by atoms with Crippen LogP contribution in [0.4, 0.5) is 0 Å². The molecule has 260 valence electrons. The van der Waals surface area contributed by atoms with Crippen molar-refractivity contribution in [1.29, 1.82) is 0 Å². The molecule has 0 fully saturated rings. The van der Waals surface area contributed by atoms with Crippen molar-refractivity contribution in [1.82, 2.24) is 20.3 Å². The van der Waals surface area contributed by atoms with Crippen molar-refractivity contribution in [3.05, 3.63) is 54.1 Å². The summed E-state index contributed by atoms with van der Waals surface area (Å²) in [5.74, 6) is -0.719. The molecule has 0 spiro atoms. The molecule has 0 saturated heterocycles. The number of carbonyl (C=O) groups excluding carboxylic acids is 3. The highest BCUT2D eigenvalue weighted by atomic mass is 32.2. The van der Waals surface area contributed by atoms with E-state index >= 15 is 0 Å². The first-order valence-electron chi connectivity index (χ1n) is 15.8. The van der Waals surface area contributed by atoms with Crippen molar-refractivity contribution in [3.8, 4) is 11.5 Å². The molecular weight excluding hydrogens is 624 g/mol. The lowest BCUT2D eigenvalue weighted by atomic mass is 9.85. The van der Waals surface area contributed by atoms with E-state index in [1.165, 1.54) is 22.5 Å². The van der Waals surface area contributed by atoms with Crippen LogP contribution in [0.25, 0.3) is 0 Å². The molecule has 13 heteroatoms. The second-order valence-corrected chi connectivity index (χ2v) is 16.3. The normalized spacial score (nSPS) is 15.2. The van der Waals surface area contributed by atoms with Gasteiger partial charge in [0.15, 0.2) is 11.5 Å². The van der Waals surface area contributed by atoms with Gasteiger partial charge in [0.05, 0.1) is 23.6 Å². The Morgan fingerprint density at radius 3 is 2.15 bits per heavy atom. The first kappa shape index (κ1) is 37.8. The number of aliphatic hydroxyl groups excluding tert-OH is 1. The zero-order valence-corrected chi connectivity index (χ0v) is 29.4. The Balaban J connectivity index is 1.86. The van der Waals surface area contributed by atoms with Gasteiger partial charge in [-0.2, -0.15) is 4.31 Å². The molecule has 0 aromatic heterocycles. The quantitative estimate of drug-likeness (QED) is 0.238. The van der Waals surface area contributed by atoms with Crippen LogP contribution in [0.5, 0.6) is 11.5 Å². The predicted molar refractivity (Wildman–Crippen MR) is 178 cm³/mol. The number of amides is 3. The molecule has 12 nitrogen and oxygen atoms in total. The van der Waals surface area contributed by atoms with Gasteiger partial charge in [0.1, 0.15) is 6.04 Å². The molecule has 0 bridgehead atoms. The summed E-state index contributed by atoms with van der Waals surface area (Å²) in [6.07, 6.45) is -1.14. The first-order valence-corrected chi connectivity index (χ1v) is 17.2. The smallest absolute Gasteiger partial charge is 0.243 e. The van der Waals surface area contributed by atoms with E-state index in [0.717, 1.165) is 5.56 Å². The molecule has 0 unspecified atom stereocenters. The second kappa shape index (κ2) is 15.5. The summed E-state index contributed by atoms with van der Waals surface area (Å²) in [5, 5.41) is 19.9. The molecule has 2 aromatic rings. The minimum Gasteiger partial charge on any atom is -0.454 e. The molecule has 3 amide bonds. The fraction of sp³-hybridized carbons (Fsp3) is 0.559. The van der Waals surface area contributed by atoms with E-state index in [-0.39, 0.29) is 49.6 Å². The number of benzene rings is 2. The standard InChI is InChI=1S/C34H50N4O8S/c1-22(2)19-38(47(43,44)24-14-15-27-28(17-24)46-21-45-27)20-26(39)25(16-23-12-10-9-11-13-23)36-31(41)30(33(3,4)5)37-29(40)18-35-32(42)34(6,7)8/h9-15,17,22,25-26,30,39H,16,18-21H2,1-8H3,(H,35,42)(H,36,41)(H,37,40)/t25-,26+,30+/m0/s1. The highest BCUT2D eigenvalue weighted by Crippen LogP contribution is 2.35. The number of ether oxygens (including phenoxy) is 2. The van der Waals surface area contributed by atoms with E-state index < -0.39 is 50.9 Å². The Morgan fingerprint density at radius 2 is 1.55 bits per heavy atom. The summed E-state index contributed by atoms with van der Waals surface area (Å²) >= 11 is 0. The number of rotatable bonds is 14. The largest absolute Gasteiger partial charge is 0.454 e. The Labute approximate surface area is 278 Å². The highest BCUT2D eigenvalue weighted by molar-refractivity contribution is 7.89. The van der Waals surface area contributed by atoms with E-state index in [1.807, 2.05) is 44.2 Å². The molecule has 0 radical (unpaired) electrons. The van der Waals surface area contributed by atoms with Crippen molar-refractivity contribution in [2.24, 2.45) is 16.7 Å². The molecule has 2 aromatic carbocycles. The molecule has 1 aliphatic heterocycles. The number of fused-ring (bicyclic) bond motifs is 1. The molecule has 3 rings (SSSR count). The Kier molecular flexibility index (Phi) is 12.4. The monoisotopic (exact) mass is 674 g/mol. The highest BCUT2D eigenvalue weighted by Gasteiger charge is 2.37. The zero-order valence-electron chi connectivity index (χ0n) is 28.6. The van der Waals surface area contributed by atoms with Gasteiger partial charge in [-0.3, -0.25) is 14.4 Å². The van der Waals surface area contributed by atoms with Gasteiger partial charge in [0.25, 0.3) is 0 Å². The van der Waals surface area contributed by atoms with Crippen LogP contribution in [-0.2, 0) is 30.8 Å². The minimum atomic E-state index is -4.09. The fourth-order valence-corrected chi connectivity index (χ4v) is 6.57. The van der Waals surface area contributed by atoms with Crippen LogP contribution in [0.15, 0.2) is 53.4 Å². The Bertz CT molecular complexity index is 1500. The topological polar surface area (TPSA) is 163 Å². The lowest BCUT2D eigenvalue weighted by Gasteiger charge is -2.34. The molecule has 1 heterocycles. The fourth-order valence-electron chi connectivity index (χ4n) is 4.93. The molecule has 1 aliphatic rings. The van der Waals surface area contributed by atoms with Crippen LogP contribution in [0.3, 0.4) is 0 Å². The maximum atomic E-state index is 13.9. The van der Waals surface area contributed by atoms with Crippen molar-refractivity contribution in [3.63, 3.8) is 0 Å². The van der Waals surface area contributed by atoms with Crippen molar-refractivity contribution in [2.75, 3.05) is 26.4 Å². The van der Waals surface area contributed by atoms with Crippen LogP contribution in [-0.4, -0.2) is 80.2 Å². The third-order valence-electron chi connectivity index (χ3n) is 7.56. The predicted octanol–water partition coefficient (Wildman–Crippen LogP) is 2.84. The number of aliphatic hydroxyl groups is 1. The number of hydrogen-bond acceptors (Lipinski definition) is 8. The lowest BCUT2D eigenvalue weighted by Crippen LogP contribution is -2.59. The Morgan fingerprint density at radius 1 is 0.915 bits per heavy atom. The van der Waals surface area contributed by atoms with Gasteiger partial charge in [-0.25, -0.2) is 8.42 Å². The van der Waals surface area contributed by atoms with E-state index in [9.17, 15) is 27.9 Å². The summed E-state index contributed by atoms with van der Waals surface area (Å²) in [7, 11) is -4.09. The molecule has 4 N–H and O–H groups in total. The third-order valence-corrected chi connectivity index (χ3v) is 9.38. The van der Waals surface area contributed by atoms with Crippen LogP contribution in [0.1, 0.15) is 61.0 Å². The maximum Gasteiger partial charge on any atom is 0.243 e. The SMILES string of the molecule is CC(C)CN(C[C@@H](O)[C@H](Cc1ccccc1)NC(=O)[C@@H](NC(=O)CNC(=O)C(C)(C)C)C(C)(C)C)S(=O)(=O)c1ccc2c(c1)OCO2. The number of nitrogens with zero attached hydrogens (tertiary/aromatic N) is 1. The van der Waals surface area contributed by atoms with Gasteiger partial charge >= 0.3 is 0 Å². The number of nitrogens with one attached hydrogen (secondary N) is 3. The average Bonchev–Trinajstić information content (AvgIpc) is 3.45.